The first-order chi connectivity index (χ1) is 8.00. The molecule has 0 unspecified atom stereocenters. The minimum Gasteiger partial charge on any atom is -0.241 e. The summed E-state index contributed by atoms with van der Waals surface area (Å²) in [6, 6.07) is 6.32. The van der Waals surface area contributed by atoms with E-state index in [-0.39, 0.29) is 5.56 Å². The Labute approximate surface area is 103 Å². The second-order valence-electron chi connectivity index (χ2n) is 3.96. The van der Waals surface area contributed by atoms with Crippen LogP contribution in [0.2, 0.25) is 0 Å². The van der Waals surface area contributed by atoms with Crippen molar-refractivity contribution in [3.8, 4) is 10.6 Å². The van der Waals surface area contributed by atoms with Crippen LogP contribution in [0.1, 0.15) is 25.1 Å². The van der Waals surface area contributed by atoms with Crippen molar-refractivity contribution in [3.63, 3.8) is 0 Å². The van der Waals surface area contributed by atoms with E-state index in [1.54, 1.807) is 23.5 Å². The van der Waals surface area contributed by atoms with E-state index in [1.807, 2.05) is 12.3 Å². The maximum absolute atomic E-state index is 13.0. The van der Waals surface area contributed by atoms with Gasteiger partial charge in [-0.3, -0.25) is 0 Å². The second-order valence-corrected chi connectivity index (χ2v) is 4.82. The van der Waals surface area contributed by atoms with Gasteiger partial charge in [0.05, 0.1) is 5.69 Å². The maximum atomic E-state index is 13.0. The fraction of sp³-hybridized carbons (Fsp3) is 0.308. The Morgan fingerprint density at radius 2 is 1.88 bits per heavy atom. The Balaban J connectivity index is 2.29. The lowest BCUT2D eigenvalue weighted by atomic mass is 10.1. The number of rotatable bonds is 3. The van der Waals surface area contributed by atoms with Crippen LogP contribution in [-0.4, -0.2) is 4.98 Å². The number of hydrogen-bond acceptors (Lipinski definition) is 2. The quantitative estimate of drug-likeness (QED) is 0.785. The van der Waals surface area contributed by atoms with Gasteiger partial charge in [0.1, 0.15) is 5.01 Å². The zero-order chi connectivity index (χ0) is 12.5. The van der Waals surface area contributed by atoms with Crippen molar-refractivity contribution < 1.29 is 8.78 Å². The number of thiazole rings is 1. The minimum atomic E-state index is -2.78. The molecule has 1 aromatic carbocycles. The average Bonchev–Trinajstić information content (AvgIpc) is 2.76. The summed E-state index contributed by atoms with van der Waals surface area (Å²) in [4.78, 5) is 4.42. The molecule has 17 heavy (non-hydrogen) atoms. The van der Waals surface area contributed by atoms with Gasteiger partial charge < -0.3 is 0 Å². The van der Waals surface area contributed by atoms with Crippen LogP contribution >= 0.6 is 11.3 Å². The molecule has 0 spiro atoms. The fourth-order valence-corrected chi connectivity index (χ4v) is 2.42. The molecule has 0 aliphatic rings. The van der Waals surface area contributed by atoms with Gasteiger partial charge in [0.25, 0.3) is 5.92 Å². The van der Waals surface area contributed by atoms with Crippen molar-refractivity contribution in [2.75, 3.05) is 0 Å². The van der Waals surface area contributed by atoms with Gasteiger partial charge >= 0.3 is 0 Å². The molecule has 2 aromatic rings. The lowest BCUT2D eigenvalue weighted by Crippen LogP contribution is -2.06. The van der Waals surface area contributed by atoms with Gasteiger partial charge in [-0.05, 0) is 6.42 Å². The highest BCUT2D eigenvalue weighted by molar-refractivity contribution is 7.13. The topological polar surface area (TPSA) is 12.9 Å². The number of aryl methyl sites for hydroxylation is 1. The normalized spacial score (nSPS) is 11.8. The molecule has 0 N–H and O–H groups in total. The first-order valence-corrected chi connectivity index (χ1v) is 6.32. The minimum absolute atomic E-state index is 0.0357. The molecule has 0 radical (unpaired) electrons. The summed E-state index contributed by atoms with van der Waals surface area (Å²) in [6.07, 6.45) is 0.890. The molecule has 0 fully saturated rings. The first-order valence-electron chi connectivity index (χ1n) is 5.44. The summed E-state index contributed by atoms with van der Waals surface area (Å²) in [5.41, 5.74) is 1.96. The molecule has 1 heterocycles. The van der Waals surface area contributed by atoms with E-state index in [2.05, 4.69) is 4.98 Å². The van der Waals surface area contributed by atoms with Crippen LogP contribution in [0.3, 0.4) is 0 Å². The lowest BCUT2D eigenvalue weighted by molar-refractivity contribution is 0.0175. The van der Waals surface area contributed by atoms with E-state index >= 15 is 0 Å². The highest BCUT2D eigenvalue weighted by Gasteiger charge is 2.23. The Morgan fingerprint density at radius 3 is 2.35 bits per heavy atom. The van der Waals surface area contributed by atoms with Crippen LogP contribution in [0.15, 0.2) is 29.6 Å². The van der Waals surface area contributed by atoms with Crippen molar-refractivity contribution >= 4 is 11.3 Å². The number of halogens is 2. The van der Waals surface area contributed by atoms with E-state index < -0.39 is 5.92 Å². The van der Waals surface area contributed by atoms with Crippen LogP contribution in [-0.2, 0) is 12.3 Å². The summed E-state index contributed by atoms with van der Waals surface area (Å²) in [6.45, 7) is 2.94. The number of hydrogen-bond donors (Lipinski definition) is 0. The molecule has 0 aliphatic carbocycles. The molecule has 1 nitrogen and oxygen atoms in total. The lowest BCUT2D eigenvalue weighted by Gasteiger charge is -2.10. The van der Waals surface area contributed by atoms with Gasteiger partial charge in [0.15, 0.2) is 0 Å². The third-order valence-corrected chi connectivity index (χ3v) is 3.49. The van der Waals surface area contributed by atoms with Gasteiger partial charge in [-0.25, -0.2) is 13.8 Å². The third-order valence-electron chi connectivity index (χ3n) is 2.55. The zero-order valence-electron chi connectivity index (χ0n) is 9.71. The van der Waals surface area contributed by atoms with E-state index in [4.69, 9.17) is 0 Å². The summed E-state index contributed by atoms with van der Waals surface area (Å²) >= 11 is 1.54. The van der Waals surface area contributed by atoms with Crippen molar-refractivity contribution in [2.24, 2.45) is 0 Å². The number of alkyl halides is 2. The largest absolute Gasteiger partial charge is 0.270 e. The Bertz CT molecular complexity index is 497. The molecule has 0 saturated carbocycles. The summed E-state index contributed by atoms with van der Waals surface area (Å²) in [5.74, 6) is -2.78. The van der Waals surface area contributed by atoms with Crippen molar-refractivity contribution in [2.45, 2.75) is 26.2 Å². The average molecular weight is 253 g/mol. The highest BCUT2D eigenvalue weighted by atomic mass is 32.1. The number of nitrogens with zero attached hydrogens (tertiary/aromatic N) is 1. The molecule has 0 bridgehead atoms. The first kappa shape index (κ1) is 12.2. The standard InChI is InChI=1S/C13H13F2NS/c1-3-11-8-17-12(16-11)9-4-6-10(7-5-9)13(2,14)15/h4-8H,3H2,1-2H3. The maximum Gasteiger partial charge on any atom is 0.270 e. The monoisotopic (exact) mass is 253 g/mol. The molecule has 0 atom stereocenters. The molecule has 0 amide bonds. The molecule has 90 valence electrons. The fourth-order valence-electron chi connectivity index (χ4n) is 1.51. The molecule has 1 aromatic heterocycles. The van der Waals surface area contributed by atoms with Crippen LogP contribution < -0.4 is 0 Å². The third kappa shape index (κ3) is 2.69. The summed E-state index contributed by atoms with van der Waals surface area (Å²) < 4.78 is 26.1. The van der Waals surface area contributed by atoms with Gasteiger partial charge in [-0.15, -0.1) is 11.3 Å². The van der Waals surface area contributed by atoms with Gasteiger partial charge in [0.2, 0.25) is 0 Å². The molecular formula is C13H13F2NS. The van der Waals surface area contributed by atoms with Crippen LogP contribution in [0.5, 0.6) is 0 Å². The molecule has 0 saturated heterocycles. The molecule has 2 rings (SSSR count). The van der Waals surface area contributed by atoms with E-state index in [0.717, 1.165) is 29.6 Å². The Morgan fingerprint density at radius 1 is 1.24 bits per heavy atom. The zero-order valence-corrected chi connectivity index (χ0v) is 10.5. The van der Waals surface area contributed by atoms with Crippen LogP contribution in [0, 0.1) is 0 Å². The molecular weight excluding hydrogens is 240 g/mol. The van der Waals surface area contributed by atoms with Gasteiger partial charge in [-0.2, -0.15) is 0 Å². The highest BCUT2D eigenvalue weighted by Crippen LogP contribution is 2.30. The van der Waals surface area contributed by atoms with Gasteiger partial charge in [-0.1, -0.05) is 31.2 Å². The summed E-state index contributed by atoms with van der Waals surface area (Å²) in [7, 11) is 0. The molecule has 4 heteroatoms. The summed E-state index contributed by atoms with van der Waals surface area (Å²) in [5, 5.41) is 2.88. The van der Waals surface area contributed by atoms with Crippen molar-refractivity contribution in [1.29, 1.82) is 0 Å². The van der Waals surface area contributed by atoms with Crippen molar-refractivity contribution in [1.82, 2.24) is 4.98 Å². The smallest absolute Gasteiger partial charge is 0.241 e. The molecule has 0 aliphatic heterocycles. The van der Waals surface area contributed by atoms with E-state index in [1.165, 1.54) is 12.1 Å². The van der Waals surface area contributed by atoms with Crippen LogP contribution in [0.4, 0.5) is 8.78 Å². The van der Waals surface area contributed by atoms with E-state index in [9.17, 15) is 8.78 Å². The Kier molecular flexibility index (Phi) is 3.24. The number of benzene rings is 1. The van der Waals surface area contributed by atoms with E-state index in [0.29, 0.717) is 0 Å². The van der Waals surface area contributed by atoms with Gasteiger partial charge in [0, 0.05) is 23.4 Å². The predicted octanol–water partition coefficient (Wildman–Crippen LogP) is 4.48. The number of aromatic nitrogens is 1. The van der Waals surface area contributed by atoms with Crippen molar-refractivity contribution in [3.05, 3.63) is 40.9 Å². The van der Waals surface area contributed by atoms with Crippen LogP contribution in [0.25, 0.3) is 10.6 Å². The second kappa shape index (κ2) is 4.53. The Hall–Kier alpha value is -1.29. The predicted molar refractivity (Wildman–Crippen MR) is 66.5 cm³/mol. The SMILES string of the molecule is CCc1csc(-c2ccc(C(C)(F)F)cc2)n1.